The van der Waals surface area contributed by atoms with Crippen molar-refractivity contribution in [2.24, 2.45) is 0 Å². The Morgan fingerprint density at radius 3 is 2.86 bits per heavy atom. The average molecular weight is 286 g/mol. The van der Waals surface area contributed by atoms with Gasteiger partial charge in [-0.15, -0.1) is 5.10 Å². The minimum atomic E-state index is 0.147. The van der Waals surface area contributed by atoms with Gasteiger partial charge in [0, 0.05) is 31.7 Å². The highest BCUT2D eigenvalue weighted by molar-refractivity contribution is 5.34. The topological polar surface area (TPSA) is 125 Å². The van der Waals surface area contributed by atoms with Gasteiger partial charge in [0.2, 0.25) is 11.9 Å². The smallest absolute Gasteiger partial charge is 0.257 e. The largest absolute Gasteiger partial charge is 0.368 e. The summed E-state index contributed by atoms with van der Waals surface area (Å²) in [5.74, 6) is 0.951. The summed E-state index contributed by atoms with van der Waals surface area (Å²) in [6.45, 7) is 1.45. The quantitative estimate of drug-likeness (QED) is 0.593. The van der Waals surface area contributed by atoms with E-state index >= 15 is 0 Å². The van der Waals surface area contributed by atoms with Crippen molar-refractivity contribution in [2.45, 2.75) is 13.0 Å². The van der Waals surface area contributed by atoms with Crippen molar-refractivity contribution >= 4 is 11.9 Å². The third kappa shape index (κ3) is 3.29. The van der Waals surface area contributed by atoms with Gasteiger partial charge in [-0.25, -0.2) is 4.68 Å². The third-order valence-corrected chi connectivity index (χ3v) is 2.67. The first kappa shape index (κ1) is 13.0. The van der Waals surface area contributed by atoms with E-state index in [1.807, 2.05) is 6.20 Å². The molecular weight excluding hydrogens is 272 g/mol. The molecule has 0 saturated heterocycles. The molecule has 3 heterocycles. The molecule has 3 aromatic rings. The Bertz CT molecular complexity index is 675. The number of nitrogens with one attached hydrogen (secondary N) is 1. The van der Waals surface area contributed by atoms with E-state index in [9.17, 15) is 0 Å². The van der Waals surface area contributed by atoms with Crippen LogP contribution in [0.4, 0.5) is 11.9 Å². The Kier molecular flexibility index (Phi) is 3.67. The number of nitrogen functional groups attached to an aromatic ring is 1. The van der Waals surface area contributed by atoms with Gasteiger partial charge in [-0.2, -0.15) is 20.1 Å². The Balaban J connectivity index is 1.60. The maximum Gasteiger partial charge on any atom is 0.257 e. The zero-order valence-corrected chi connectivity index (χ0v) is 11.2. The number of nitrogens with zero attached hydrogens (tertiary/aromatic N) is 8. The highest BCUT2D eigenvalue weighted by Gasteiger charge is 2.06. The summed E-state index contributed by atoms with van der Waals surface area (Å²) >= 11 is 0. The molecule has 21 heavy (non-hydrogen) atoms. The lowest BCUT2D eigenvalue weighted by atomic mass is 10.4. The molecule has 0 radical (unpaired) electrons. The van der Waals surface area contributed by atoms with Crippen molar-refractivity contribution < 1.29 is 0 Å². The van der Waals surface area contributed by atoms with E-state index in [-0.39, 0.29) is 5.95 Å². The van der Waals surface area contributed by atoms with E-state index in [0.29, 0.717) is 18.4 Å². The molecule has 108 valence electrons. The van der Waals surface area contributed by atoms with Crippen LogP contribution in [0.3, 0.4) is 0 Å². The van der Waals surface area contributed by atoms with Gasteiger partial charge in [-0.3, -0.25) is 4.68 Å². The first-order chi connectivity index (χ1) is 10.3. The zero-order chi connectivity index (χ0) is 14.5. The molecule has 0 amide bonds. The predicted octanol–water partition coefficient (Wildman–Crippen LogP) is -0.267. The SMILES string of the molecule is Nc1nc(NCCCn2ccnn2)nc(-n2cccn2)n1. The molecule has 0 saturated carbocycles. The monoisotopic (exact) mass is 286 g/mol. The van der Waals surface area contributed by atoms with E-state index in [2.05, 4.69) is 35.7 Å². The van der Waals surface area contributed by atoms with Crippen LogP contribution >= 0.6 is 0 Å². The van der Waals surface area contributed by atoms with E-state index < -0.39 is 0 Å². The van der Waals surface area contributed by atoms with Crippen molar-refractivity contribution in [1.82, 2.24) is 39.7 Å². The van der Waals surface area contributed by atoms with E-state index in [1.54, 1.807) is 29.3 Å². The first-order valence-electron chi connectivity index (χ1n) is 6.41. The maximum atomic E-state index is 5.68. The molecule has 0 aromatic carbocycles. The minimum absolute atomic E-state index is 0.147. The second-order valence-electron chi connectivity index (χ2n) is 4.21. The molecule has 3 aromatic heterocycles. The summed E-state index contributed by atoms with van der Waals surface area (Å²) in [5.41, 5.74) is 5.68. The van der Waals surface area contributed by atoms with Crippen LogP contribution in [0.1, 0.15) is 6.42 Å². The number of rotatable bonds is 6. The van der Waals surface area contributed by atoms with Gasteiger partial charge in [0.15, 0.2) is 0 Å². The van der Waals surface area contributed by atoms with Gasteiger partial charge in [0.05, 0.1) is 6.20 Å². The molecule has 0 spiro atoms. The average Bonchev–Trinajstić information content (AvgIpc) is 3.16. The number of nitrogens with two attached hydrogens (primary N) is 1. The van der Waals surface area contributed by atoms with Crippen LogP contribution in [0.15, 0.2) is 30.9 Å². The van der Waals surface area contributed by atoms with Crippen molar-refractivity contribution in [3.63, 3.8) is 0 Å². The molecule has 10 nitrogen and oxygen atoms in total. The lowest BCUT2D eigenvalue weighted by Gasteiger charge is -2.07. The van der Waals surface area contributed by atoms with Crippen LogP contribution in [0.25, 0.3) is 5.95 Å². The lowest BCUT2D eigenvalue weighted by molar-refractivity contribution is 0.569. The Morgan fingerprint density at radius 2 is 2.10 bits per heavy atom. The summed E-state index contributed by atoms with van der Waals surface area (Å²) in [4.78, 5) is 12.3. The molecule has 0 unspecified atom stereocenters. The second-order valence-corrected chi connectivity index (χ2v) is 4.21. The van der Waals surface area contributed by atoms with Crippen LogP contribution in [0, 0.1) is 0 Å². The number of hydrogen-bond donors (Lipinski definition) is 2. The predicted molar refractivity (Wildman–Crippen MR) is 74.5 cm³/mol. The molecule has 0 aliphatic rings. The van der Waals surface area contributed by atoms with E-state index in [0.717, 1.165) is 13.0 Å². The minimum Gasteiger partial charge on any atom is -0.368 e. The normalized spacial score (nSPS) is 10.7. The summed E-state index contributed by atoms with van der Waals surface area (Å²) in [7, 11) is 0. The molecule has 3 N–H and O–H groups in total. The van der Waals surface area contributed by atoms with Crippen LogP contribution in [0.5, 0.6) is 0 Å². The summed E-state index contributed by atoms with van der Waals surface area (Å²) in [6, 6.07) is 1.78. The standard InChI is InChI=1S/C11H14N10/c12-9-16-10(13-3-1-6-20-8-5-14-19-20)18-11(17-9)21-7-2-4-15-21/h2,4-5,7-8H,1,3,6H2,(H3,12,13,16,17,18). The Labute approximate surface area is 120 Å². The maximum absolute atomic E-state index is 5.68. The Morgan fingerprint density at radius 1 is 1.14 bits per heavy atom. The third-order valence-electron chi connectivity index (χ3n) is 2.67. The second kappa shape index (κ2) is 5.94. The fourth-order valence-corrected chi connectivity index (χ4v) is 1.74. The van der Waals surface area contributed by atoms with Crippen LogP contribution < -0.4 is 11.1 Å². The molecular formula is C11H14N10. The Hall–Kier alpha value is -3.04. The molecule has 0 bridgehead atoms. The van der Waals surface area contributed by atoms with Gasteiger partial charge in [-0.05, 0) is 12.5 Å². The highest BCUT2D eigenvalue weighted by Crippen LogP contribution is 2.06. The van der Waals surface area contributed by atoms with E-state index in [1.165, 1.54) is 4.68 Å². The van der Waals surface area contributed by atoms with Gasteiger partial charge >= 0.3 is 0 Å². The fraction of sp³-hybridized carbons (Fsp3) is 0.273. The molecule has 0 atom stereocenters. The number of aromatic nitrogens is 8. The van der Waals surface area contributed by atoms with Gasteiger partial charge in [0.1, 0.15) is 0 Å². The lowest BCUT2D eigenvalue weighted by Crippen LogP contribution is -2.13. The number of hydrogen-bond acceptors (Lipinski definition) is 8. The van der Waals surface area contributed by atoms with Crippen molar-refractivity contribution in [1.29, 1.82) is 0 Å². The van der Waals surface area contributed by atoms with Gasteiger partial charge < -0.3 is 11.1 Å². The van der Waals surface area contributed by atoms with Crippen LogP contribution in [0.2, 0.25) is 0 Å². The molecule has 0 aliphatic carbocycles. The molecule has 3 rings (SSSR count). The molecule has 10 heteroatoms. The van der Waals surface area contributed by atoms with Gasteiger partial charge in [-0.1, -0.05) is 5.21 Å². The zero-order valence-electron chi connectivity index (χ0n) is 11.2. The van der Waals surface area contributed by atoms with Crippen molar-refractivity contribution in [3.05, 3.63) is 30.9 Å². The molecule has 0 fully saturated rings. The highest BCUT2D eigenvalue weighted by atomic mass is 15.4. The fourth-order valence-electron chi connectivity index (χ4n) is 1.74. The van der Waals surface area contributed by atoms with Crippen LogP contribution in [-0.2, 0) is 6.54 Å². The van der Waals surface area contributed by atoms with Crippen molar-refractivity contribution in [2.75, 3.05) is 17.6 Å². The van der Waals surface area contributed by atoms with Crippen molar-refractivity contribution in [3.8, 4) is 5.95 Å². The number of anilines is 2. The first-order valence-corrected chi connectivity index (χ1v) is 6.41. The molecule has 0 aliphatic heterocycles. The number of aryl methyl sites for hydroxylation is 1. The van der Waals surface area contributed by atoms with E-state index in [4.69, 9.17) is 5.73 Å². The summed E-state index contributed by atoms with van der Waals surface area (Å²) in [5, 5.41) is 14.8. The summed E-state index contributed by atoms with van der Waals surface area (Å²) < 4.78 is 3.29. The van der Waals surface area contributed by atoms with Crippen LogP contribution in [-0.4, -0.2) is 46.3 Å². The van der Waals surface area contributed by atoms with Gasteiger partial charge in [0.25, 0.3) is 5.95 Å². The summed E-state index contributed by atoms with van der Waals surface area (Å²) in [6.07, 6.45) is 7.70.